The van der Waals surface area contributed by atoms with E-state index in [1.807, 2.05) is 0 Å². The second-order valence-corrected chi connectivity index (χ2v) is 4.63. The smallest absolute Gasteiger partial charge is 0.159 e. The van der Waals surface area contributed by atoms with Gasteiger partial charge in [-0.25, -0.2) is 8.78 Å². The largest absolute Gasteiger partial charge is 0.396 e. The van der Waals surface area contributed by atoms with Crippen molar-refractivity contribution in [3.63, 3.8) is 0 Å². The average molecular weight is 228 g/mol. The van der Waals surface area contributed by atoms with Gasteiger partial charge in [0.1, 0.15) is 0 Å². The van der Waals surface area contributed by atoms with E-state index >= 15 is 0 Å². The van der Waals surface area contributed by atoms with Crippen molar-refractivity contribution in [2.75, 3.05) is 6.61 Å². The van der Waals surface area contributed by atoms with Crippen LogP contribution >= 0.6 is 0 Å². The summed E-state index contributed by atoms with van der Waals surface area (Å²) in [6, 6.07) is 3.91. The monoisotopic (exact) mass is 228 g/mol. The summed E-state index contributed by atoms with van der Waals surface area (Å²) < 4.78 is 25.7. The lowest BCUT2D eigenvalue weighted by Crippen LogP contribution is -2.12. The fourth-order valence-electron chi connectivity index (χ4n) is 1.89. The van der Waals surface area contributed by atoms with Gasteiger partial charge in [-0.3, -0.25) is 0 Å². The molecule has 0 aromatic heterocycles. The first kappa shape index (κ1) is 13.1. The number of halogens is 2. The van der Waals surface area contributed by atoms with Crippen molar-refractivity contribution in [3.05, 3.63) is 35.4 Å². The van der Waals surface area contributed by atoms with Crippen LogP contribution in [0, 0.1) is 23.5 Å². The number of benzene rings is 1. The number of hydrogen-bond acceptors (Lipinski definition) is 1. The molecule has 0 spiro atoms. The first-order valence-electron chi connectivity index (χ1n) is 5.57. The molecule has 0 aliphatic rings. The maximum absolute atomic E-state index is 13.0. The summed E-state index contributed by atoms with van der Waals surface area (Å²) in [6.45, 7) is 4.24. The first-order chi connectivity index (χ1) is 7.52. The fourth-order valence-corrected chi connectivity index (χ4v) is 1.89. The summed E-state index contributed by atoms with van der Waals surface area (Å²) in [4.78, 5) is 0. The quantitative estimate of drug-likeness (QED) is 0.820. The molecule has 0 aliphatic carbocycles. The third kappa shape index (κ3) is 3.89. The molecule has 1 rings (SSSR count). The van der Waals surface area contributed by atoms with Gasteiger partial charge in [0.15, 0.2) is 11.6 Å². The molecule has 0 amide bonds. The Labute approximate surface area is 95.1 Å². The molecule has 0 bridgehead atoms. The van der Waals surface area contributed by atoms with Gasteiger partial charge in [-0.05, 0) is 42.4 Å². The van der Waals surface area contributed by atoms with Gasteiger partial charge in [0, 0.05) is 6.61 Å². The van der Waals surface area contributed by atoms with E-state index in [9.17, 15) is 13.9 Å². The van der Waals surface area contributed by atoms with Crippen LogP contribution in [0.4, 0.5) is 8.78 Å². The third-order valence-corrected chi connectivity index (χ3v) is 2.57. The molecule has 0 saturated heterocycles. The highest BCUT2D eigenvalue weighted by atomic mass is 19.2. The Bertz CT molecular complexity index is 337. The molecule has 1 atom stereocenters. The second-order valence-electron chi connectivity index (χ2n) is 4.63. The average Bonchev–Trinajstić information content (AvgIpc) is 2.22. The standard InChI is InChI=1S/C13H18F2O/c1-9(2)5-11(8-16)6-10-3-4-12(14)13(15)7-10/h3-4,7,9,11,16H,5-6,8H2,1-2H3. The van der Waals surface area contributed by atoms with Crippen LogP contribution in [0.2, 0.25) is 0 Å². The SMILES string of the molecule is CC(C)CC(CO)Cc1ccc(F)c(F)c1. The predicted molar refractivity (Wildman–Crippen MR) is 60.1 cm³/mol. The van der Waals surface area contributed by atoms with Crippen molar-refractivity contribution in [1.29, 1.82) is 0 Å². The minimum Gasteiger partial charge on any atom is -0.396 e. The van der Waals surface area contributed by atoms with Crippen LogP contribution in [0.5, 0.6) is 0 Å². The minimum absolute atomic E-state index is 0.0805. The summed E-state index contributed by atoms with van der Waals surface area (Å²) >= 11 is 0. The molecule has 0 saturated carbocycles. The van der Waals surface area contributed by atoms with Crippen molar-refractivity contribution in [1.82, 2.24) is 0 Å². The molecular weight excluding hydrogens is 210 g/mol. The molecule has 1 N–H and O–H groups in total. The summed E-state index contributed by atoms with van der Waals surface area (Å²) in [5, 5.41) is 9.19. The Morgan fingerprint density at radius 1 is 1.19 bits per heavy atom. The Balaban J connectivity index is 2.66. The highest BCUT2D eigenvalue weighted by Crippen LogP contribution is 2.18. The number of hydrogen-bond donors (Lipinski definition) is 1. The minimum atomic E-state index is -0.826. The Kier molecular flexibility index (Phi) is 4.87. The first-order valence-corrected chi connectivity index (χ1v) is 5.57. The highest BCUT2D eigenvalue weighted by molar-refractivity contribution is 5.18. The highest BCUT2D eigenvalue weighted by Gasteiger charge is 2.12. The molecule has 1 aromatic rings. The van der Waals surface area contributed by atoms with Crippen LogP contribution in [0.1, 0.15) is 25.8 Å². The van der Waals surface area contributed by atoms with Crippen LogP contribution < -0.4 is 0 Å². The van der Waals surface area contributed by atoms with E-state index in [2.05, 4.69) is 13.8 Å². The normalized spacial score (nSPS) is 13.1. The van der Waals surface area contributed by atoms with Gasteiger partial charge in [0.2, 0.25) is 0 Å². The van der Waals surface area contributed by atoms with Crippen molar-refractivity contribution in [3.8, 4) is 0 Å². The van der Waals surface area contributed by atoms with Crippen molar-refractivity contribution in [2.45, 2.75) is 26.7 Å². The molecule has 90 valence electrons. The lowest BCUT2D eigenvalue weighted by Gasteiger charge is -2.16. The molecule has 1 nitrogen and oxygen atoms in total. The molecule has 1 aromatic carbocycles. The van der Waals surface area contributed by atoms with Crippen LogP contribution in [0.15, 0.2) is 18.2 Å². The van der Waals surface area contributed by atoms with Crippen LogP contribution in [0.3, 0.4) is 0 Å². The van der Waals surface area contributed by atoms with Crippen LogP contribution in [0.25, 0.3) is 0 Å². The van der Waals surface area contributed by atoms with E-state index in [1.54, 1.807) is 6.07 Å². The zero-order valence-electron chi connectivity index (χ0n) is 9.71. The Morgan fingerprint density at radius 2 is 1.88 bits per heavy atom. The summed E-state index contributed by atoms with van der Waals surface area (Å²) in [6.07, 6.45) is 1.47. The van der Waals surface area contributed by atoms with Crippen LogP contribution in [-0.2, 0) is 6.42 Å². The summed E-state index contributed by atoms with van der Waals surface area (Å²) in [7, 11) is 0. The maximum Gasteiger partial charge on any atom is 0.159 e. The predicted octanol–water partition coefficient (Wildman–Crippen LogP) is 3.16. The van der Waals surface area contributed by atoms with Gasteiger partial charge in [0.05, 0.1) is 0 Å². The van der Waals surface area contributed by atoms with E-state index in [0.29, 0.717) is 12.3 Å². The van der Waals surface area contributed by atoms with Crippen molar-refractivity contribution >= 4 is 0 Å². The lowest BCUT2D eigenvalue weighted by molar-refractivity contribution is 0.205. The van der Waals surface area contributed by atoms with Gasteiger partial charge in [-0.1, -0.05) is 19.9 Å². The van der Waals surface area contributed by atoms with Crippen molar-refractivity contribution < 1.29 is 13.9 Å². The molecule has 0 fully saturated rings. The molecule has 3 heteroatoms. The Hall–Kier alpha value is -0.960. The zero-order chi connectivity index (χ0) is 12.1. The van der Waals surface area contributed by atoms with E-state index in [1.165, 1.54) is 6.07 Å². The maximum atomic E-state index is 13.0. The van der Waals surface area contributed by atoms with E-state index in [-0.39, 0.29) is 12.5 Å². The second kappa shape index (κ2) is 5.94. The fraction of sp³-hybridized carbons (Fsp3) is 0.538. The van der Waals surface area contributed by atoms with E-state index < -0.39 is 11.6 Å². The third-order valence-electron chi connectivity index (χ3n) is 2.57. The van der Waals surface area contributed by atoms with Crippen LogP contribution in [-0.4, -0.2) is 11.7 Å². The topological polar surface area (TPSA) is 20.2 Å². The van der Waals surface area contributed by atoms with Gasteiger partial charge in [-0.15, -0.1) is 0 Å². The number of aliphatic hydroxyl groups is 1. The summed E-state index contributed by atoms with van der Waals surface area (Å²) in [5.41, 5.74) is 0.735. The summed E-state index contributed by atoms with van der Waals surface area (Å²) in [5.74, 6) is -1.04. The van der Waals surface area contributed by atoms with E-state index in [0.717, 1.165) is 18.1 Å². The Morgan fingerprint density at radius 3 is 2.38 bits per heavy atom. The lowest BCUT2D eigenvalue weighted by atomic mass is 9.91. The molecular formula is C13H18F2O. The molecule has 0 aliphatic heterocycles. The zero-order valence-corrected chi connectivity index (χ0v) is 9.71. The van der Waals surface area contributed by atoms with E-state index in [4.69, 9.17) is 0 Å². The molecule has 0 heterocycles. The van der Waals surface area contributed by atoms with Crippen molar-refractivity contribution in [2.24, 2.45) is 11.8 Å². The van der Waals surface area contributed by atoms with Gasteiger partial charge in [0.25, 0.3) is 0 Å². The molecule has 0 radical (unpaired) electrons. The number of aliphatic hydroxyl groups excluding tert-OH is 1. The number of rotatable bonds is 5. The van der Waals surface area contributed by atoms with Gasteiger partial charge in [-0.2, -0.15) is 0 Å². The molecule has 16 heavy (non-hydrogen) atoms. The van der Waals surface area contributed by atoms with Gasteiger partial charge >= 0.3 is 0 Å². The molecule has 1 unspecified atom stereocenters. The van der Waals surface area contributed by atoms with Gasteiger partial charge < -0.3 is 5.11 Å².